The van der Waals surface area contributed by atoms with Crippen LogP contribution in [0.15, 0.2) is 58.3 Å². The van der Waals surface area contributed by atoms with Gasteiger partial charge in [-0.25, -0.2) is 13.6 Å². The minimum atomic E-state index is -3.87. The van der Waals surface area contributed by atoms with Crippen molar-refractivity contribution in [2.75, 3.05) is 4.72 Å². The Labute approximate surface area is 125 Å². The summed E-state index contributed by atoms with van der Waals surface area (Å²) >= 11 is 0.947. The second-order valence-electron chi connectivity index (χ2n) is 3.97. The van der Waals surface area contributed by atoms with Crippen LogP contribution in [0.2, 0.25) is 0 Å². The van der Waals surface area contributed by atoms with Gasteiger partial charge in [-0.2, -0.15) is 0 Å². The van der Waals surface area contributed by atoms with Crippen LogP contribution >= 0.6 is 11.9 Å². The lowest BCUT2D eigenvalue weighted by atomic mass is 10.3. The molecule has 0 saturated carbocycles. The van der Waals surface area contributed by atoms with Gasteiger partial charge in [-0.05, 0) is 30.1 Å². The topological polar surface area (TPSA) is 115 Å². The van der Waals surface area contributed by atoms with Crippen molar-refractivity contribution in [3.05, 3.63) is 58.6 Å². The van der Waals surface area contributed by atoms with Gasteiger partial charge < -0.3 is 4.72 Å². The molecule has 0 fully saturated rings. The highest BCUT2D eigenvalue weighted by atomic mass is 32.2. The maximum absolute atomic E-state index is 11.5. The van der Waals surface area contributed by atoms with Crippen molar-refractivity contribution < 1.29 is 13.3 Å². The van der Waals surface area contributed by atoms with Crippen LogP contribution in [0.3, 0.4) is 0 Å². The van der Waals surface area contributed by atoms with Crippen molar-refractivity contribution in [3.8, 4) is 0 Å². The molecule has 9 heteroatoms. The molecule has 3 N–H and O–H groups in total. The summed E-state index contributed by atoms with van der Waals surface area (Å²) in [4.78, 5) is 10.7. The molecule has 0 heterocycles. The Bertz CT molecular complexity index is 778. The van der Waals surface area contributed by atoms with Crippen LogP contribution in [0.4, 0.5) is 11.4 Å². The van der Waals surface area contributed by atoms with Gasteiger partial charge in [-0.3, -0.25) is 10.1 Å². The van der Waals surface area contributed by atoms with E-state index in [1.54, 1.807) is 30.3 Å². The molecule has 0 unspecified atom stereocenters. The zero-order valence-electron chi connectivity index (χ0n) is 10.6. The highest BCUT2D eigenvalue weighted by molar-refractivity contribution is 8.00. The van der Waals surface area contributed by atoms with E-state index < -0.39 is 14.9 Å². The van der Waals surface area contributed by atoms with E-state index in [0.29, 0.717) is 4.90 Å². The van der Waals surface area contributed by atoms with Gasteiger partial charge in [0.25, 0.3) is 5.69 Å². The summed E-state index contributed by atoms with van der Waals surface area (Å²) in [5.41, 5.74) is 0.200. The molecule has 0 saturated heterocycles. The zero-order valence-corrected chi connectivity index (χ0v) is 12.2. The normalized spacial score (nSPS) is 11.1. The van der Waals surface area contributed by atoms with Crippen LogP contribution in [-0.2, 0) is 10.0 Å². The van der Waals surface area contributed by atoms with E-state index in [-0.39, 0.29) is 16.3 Å². The van der Waals surface area contributed by atoms with E-state index in [0.717, 1.165) is 11.9 Å². The van der Waals surface area contributed by atoms with Crippen LogP contribution in [0.5, 0.6) is 0 Å². The number of sulfonamides is 1. The third kappa shape index (κ3) is 3.72. The Morgan fingerprint density at radius 1 is 1.10 bits per heavy atom. The molecule has 2 aromatic carbocycles. The molecule has 0 bridgehead atoms. The lowest BCUT2D eigenvalue weighted by molar-refractivity contribution is -0.387. The van der Waals surface area contributed by atoms with E-state index in [4.69, 9.17) is 5.14 Å². The van der Waals surface area contributed by atoms with Crippen molar-refractivity contribution >= 4 is 33.3 Å². The van der Waals surface area contributed by atoms with Gasteiger partial charge in [-0.15, -0.1) is 0 Å². The predicted molar refractivity (Wildman–Crippen MR) is 80.4 cm³/mol. The number of anilines is 1. The lowest BCUT2D eigenvalue weighted by Crippen LogP contribution is -2.13. The summed E-state index contributed by atoms with van der Waals surface area (Å²) < 4.78 is 25.7. The third-order valence-corrected chi connectivity index (χ3v) is 4.38. The maximum Gasteiger partial charge on any atom is 0.284 e. The number of primary sulfonamides is 1. The molecule has 2 rings (SSSR count). The van der Waals surface area contributed by atoms with E-state index >= 15 is 0 Å². The maximum atomic E-state index is 11.5. The van der Waals surface area contributed by atoms with Crippen LogP contribution in [-0.4, -0.2) is 13.3 Å². The molecular weight excluding hydrogens is 314 g/mol. The fourth-order valence-electron chi connectivity index (χ4n) is 1.60. The first-order valence-corrected chi connectivity index (χ1v) is 8.04. The highest BCUT2D eigenvalue weighted by Crippen LogP contribution is 2.31. The average Bonchev–Trinajstić information content (AvgIpc) is 2.44. The molecule has 21 heavy (non-hydrogen) atoms. The number of para-hydroxylation sites is 2. The molecule has 2 aromatic rings. The Morgan fingerprint density at radius 3 is 2.38 bits per heavy atom. The summed E-state index contributed by atoms with van der Waals surface area (Å²) in [5, 5.41) is 16.0. The third-order valence-electron chi connectivity index (χ3n) is 2.53. The first kappa shape index (κ1) is 15.3. The van der Waals surface area contributed by atoms with Gasteiger partial charge in [0.1, 0.15) is 9.79 Å². The monoisotopic (exact) mass is 325 g/mol. The van der Waals surface area contributed by atoms with Crippen LogP contribution in [0.25, 0.3) is 0 Å². The van der Waals surface area contributed by atoms with E-state index in [2.05, 4.69) is 4.72 Å². The Hall–Kier alpha value is -2.10. The van der Waals surface area contributed by atoms with Gasteiger partial charge in [0, 0.05) is 6.07 Å². The second kappa shape index (κ2) is 6.12. The zero-order chi connectivity index (χ0) is 15.5. The van der Waals surface area contributed by atoms with Crippen LogP contribution in [0.1, 0.15) is 0 Å². The summed E-state index contributed by atoms with van der Waals surface area (Å²) in [5.74, 6) is 0. The van der Waals surface area contributed by atoms with Gasteiger partial charge in [-0.1, -0.05) is 24.3 Å². The van der Waals surface area contributed by atoms with E-state index in [1.807, 2.05) is 0 Å². The number of rotatable bonds is 5. The number of nitrogens with zero attached hydrogens (tertiary/aromatic N) is 1. The quantitative estimate of drug-likeness (QED) is 0.495. The van der Waals surface area contributed by atoms with Gasteiger partial charge in [0.05, 0.1) is 10.6 Å². The molecular formula is C12H11N3O4S2. The molecule has 0 atom stereocenters. The molecule has 0 amide bonds. The SMILES string of the molecule is NS(=O)(=O)c1ccccc1NSc1ccccc1[N+](=O)[O-]. The molecule has 0 aromatic heterocycles. The minimum absolute atomic E-state index is 0.0666. The van der Waals surface area contributed by atoms with Crippen molar-refractivity contribution in [2.24, 2.45) is 5.14 Å². The highest BCUT2D eigenvalue weighted by Gasteiger charge is 2.16. The number of nitro benzene ring substituents is 1. The summed E-state index contributed by atoms with van der Waals surface area (Å²) in [6.45, 7) is 0. The number of benzene rings is 2. The number of nitrogens with one attached hydrogen (secondary N) is 1. The molecule has 0 aliphatic rings. The second-order valence-corrected chi connectivity index (χ2v) is 6.35. The molecule has 0 radical (unpaired) electrons. The lowest BCUT2D eigenvalue weighted by Gasteiger charge is -2.09. The molecule has 7 nitrogen and oxygen atoms in total. The summed E-state index contributed by atoms with van der Waals surface area (Å²) in [6.07, 6.45) is 0. The van der Waals surface area contributed by atoms with Crippen LogP contribution < -0.4 is 9.86 Å². The van der Waals surface area contributed by atoms with Gasteiger partial charge in [0.15, 0.2) is 0 Å². The summed E-state index contributed by atoms with van der Waals surface area (Å²) in [6, 6.07) is 12.2. The largest absolute Gasteiger partial charge is 0.324 e. The summed E-state index contributed by atoms with van der Waals surface area (Å²) in [7, 11) is -3.87. The van der Waals surface area contributed by atoms with Crippen molar-refractivity contribution in [1.82, 2.24) is 0 Å². The number of hydrogen-bond acceptors (Lipinski definition) is 6. The standard InChI is InChI=1S/C12H11N3O4S2/c13-21(18,19)12-8-4-1-5-9(12)14-20-11-7-3-2-6-10(11)15(16)17/h1-8,14H,(H2,13,18,19). The molecule has 0 aliphatic carbocycles. The molecule has 0 spiro atoms. The predicted octanol–water partition coefficient (Wildman–Crippen LogP) is 2.36. The van der Waals surface area contributed by atoms with Crippen molar-refractivity contribution in [2.45, 2.75) is 9.79 Å². The fraction of sp³-hybridized carbons (Fsp3) is 0. The van der Waals surface area contributed by atoms with Gasteiger partial charge >= 0.3 is 0 Å². The molecule has 110 valence electrons. The van der Waals surface area contributed by atoms with Crippen LogP contribution in [0, 0.1) is 10.1 Å². The first-order chi connectivity index (χ1) is 9.89. The smallest absolute Gasteiger partial charge is 0.284 e. The Kier molecular flexibility index (Phi) is 4.46. The minimum Gasteiger partial charge on any atom is -0.324 e. The number of hydrogen-bond donors (Lipinski definition) is 2. The Morgan fingerprint density at radius 2 is 1.71 bits per heavy atom. The van der Waals surface area contributed by atoms with Crippen molar-refractivity contribution in [1.29, 1.82) is 0 Å². The number of nitrogens with two attached hydrogens (primary N) is 1. The van der Waals surface area contributed by atoms with E-state index in [9.17, 15) is 18.5 Å². The Balaban J connectivity index is 2.28. The first-order valence-electron chi connectivity index (χ1n) is 5.67. The van der Waals surface area contributed by atoms with Crippen molar-refractivity contribution in [3.63, 3.8) is 0 Å². The number of nitro groups is 1. The molecule has 0 aliphatic heterocycles. The fourth-order valence-corrected chi connectivity index (χ4v) is 3.15. The van der Waals surface area contributed by atoms with E-state index in [1.165, 1.54) is 18.2 Å². The van der Waals surface area contributed by atoms with Gasteiger partial charge in [0.2, 0.25) is 10.0 Å². The average molecular weight is 325 g/mol.